The van der Waals surface area contributed by atoms with Gasteiger partial charge in [0, 0.05) is 11.9 Å². The third-order valence-corrected chi connectivity index (χ3v) is 7.21. The van der Waals surface area contributed by atoms with Crippen molar-refractivity contribution >= 4 is 38.5 Å². The third kappa shape index (κ3) is 3.64. The Morgan fingerprint density at radius 1 is 1.07 bits per heavy atom. The topological polar surface area (TPSA) is 75.7 Å². The molecular weight excluding hydrogens is 408 g/mol. The van der Waals surface area contributed by atoms with Crippen molar-refractivity contribution in [2.24, 2.45) is 0 Å². The maximum atomic E-state index is 13.3. The Morgan fingerprint density at radius 3 is 2.48 bits per heavy atom. The number of hydrogen-bond donors (Lipinski definition) is 1. The molecule has 29 heavy (non-hydrogen) atoms. The molecule has 0 saturated carbocycles. The minimum absolute atomic E-state index is 0.153. The van der Waals surface area contributed by atoms with E-state index in [2.05, 4.69) is 5.32 Å². The number of carbonyl (C=O) groups is 1. The second-order valence-corrected chi connectivity index (χ2v) is 9.09. The first kappa shape index (κ1) is 19.2. The molecule has 0 unspecified atom stereocenters. The molecule has 6 nitrogen and oxygen atoms in total. The van der Waals surface area contributed by atoms with Gasteiger partial charge >= 0.3 is 0 Å². The zero-order valence-corrected chi connectivity index (χ0v) is 17.2. The highest BCUT2D eigenvalue weighted by Crippen LogP contribution is 2.39. The van der Waals surface area contributed by atoms with E-state index >= 15 is 0 Å². The Balaban J connectivity index is 1.71. The van der Waals surface area contributed by atoms with E-state index in [0.29, 0.717) is 22.0 Å². The number of anilines is 2. The predicted molar refractivity (Wildman–Crippen MR) is 115 cm³/mol. The lowest BCUT2D eigenvalue weighted by molar-refractivity contribution is 0.104. The number of sulfonamides is 1. The number of rotatable bonds is 5. The molecular formula is C21H18N2O4S2. The Kier molecular flexibility index (Phi) is 5.12. The zero-order chi connectivity index (χ0) is 20.4. The number of nitrogens with one attached hydrogen (secondary N) is 1. The summed E-state index contributed by atoms with van der Waals surface area (Å²) in [6.45, 7) is 0.153. The van der Waals surface area contributed by atoms with Gasteiger partial charge in [-0.2, -0.15) is 0 Å². The molecule has 0 saturated heterocycles. The number of ketones is 1. The van der Waals surface area contributed by atoms with E-state index in [1.807, 2.05) is 30.3 Å². The van der Waals surface area contributed by atoms with Crippen molar-refractivity contribution in [2.75, 3.05) is 16.7 Å². The molecule has 0 atom stereocenters. The van der Waals surface area contributed by atoms with E-state index in [1.165, 1.54) is 21.8 Å². The second-order valence-electron chi connectivity index (χ2n) is 6.34. The monoisotopic (exact) mass is 426 g/mol. The maximum absolute atomic E-state index is 13.3. The molecule has 0 bridgehead atoms. The summed E-state index contributed by atoms with van der Waals surface area (Å²) in [7, 11) is -2.45. The van der Waals surface area contributed by atoms with Gasteiger partial charge in [0.15, 0.2) is 4.91 Å². The molecule has 0 aliphatic carbocycles. The van der Waals surface area contributed by atoms with E-state index in [9.17, 15) is 13.2 Å². The summed E-state index contributed by atoms with van der Waals surface area (Å²) >= 11 is 1.24. The van der Waals surface area contributed by atoms with Crippen LogP contribution in [0.1, 0.15) is 15.2 Å². The molecule has 0 spiro atoms. The van der Waals surface area contributed by atoms with Gasteiger partial charge in [-0.05, 0) is 41.3 Å². The lowest BCUT2D eigenvalue weighted by Crippen LogP contribution is -2.38. The molecule has 3 aromatic rings. The summed E-state index contributed by atoms with van der Waals surface area (Å²) in [5.41, 5.74) is 1.91. The fourth-order valence-electron chi connectivity index (χ4n) is 3.04. The Hall–Kier alpha value is -3.10. The molecule has 1 aliphatic heterocycles. The van der Waals surface area contributed by atoms with Crippen LogP contribution in [0.4, 0.5) is 11.4 Å². The number of fused-ring (bicyclic) bond motifs is 1. The van der Waals surface area contributed by atoms with Crippen molar-refractivity contribution in [1.82, 2.24) is 0 Å². The van der Waals surface area contributed by atoms with Gasteiger partial charge in [-0.25, -0.2) is 8.42 Å². The standard InChI is InChI=1S/C21H18N2O4S2/c1-27-17-9-7-16(8-10-17)22-13-19-20(24)21-18(11-12-28-21)23(29(19,25)26)14-15-5-3-2-4-6-15/h2-13,22H,14H2,1H3/b19-13-. The van der Waals surface area contributed by atoms with Crippen molar-refractivity contribution in [3.05, 3.63) is 87.6 Å². The number of nitrogens with zero attached hydrogens (tertiary/aromatic N) is 1. The Labute approximate surface area is 173 Å². The molecule has 0 radical (unpaired) electrons. The Bertz CT molecular complexity index is 1170. The van der Waals surface area contributed by atoms with Gasteiger partial charge in [0.25, 0.3) is 10.0 Å². The fourth-order valence-corrected chi connectivity index (χ4v) is 5.52. The number of Topliss-reactive ketones (excluding diaryl/α,β-unsaturated/α-hetero) is 1. The lowest BCUT2D eigenvalue weighted by atomic mass is 10.2. The number of thiophene rings is 1. The molecule has 1 aromatic heterocycles. The van der Waals surface area contributed by atoms with Crippen LogP contribution in [-0.2, 0) is 16.6 Å². The minimum Gasteiger partial charge on any atom is -0.497 e. The van der Waals surface area contributed by atoms with Gasteiger partial charge in [0.2, 0.25) is 5.78 Å². The molecule has 1 N–H and O–H groups in total. The van der Waals surface area contributed by atoms with Crippen LogP contribution in [0.15, 0.2) is 77.1 Å². The summed E-state index contributed by atoms with van der Waals surface area (Å²) in [6, 6.07) is 18.0. The number of benzene rings is 2. The van der Waals surface area contributed by atoms with Crippen LogP contribution in [0.25, 0.3) is 0 Å². The third-order valence-electron chi connectivity index (χ3n) is 4.54. The number of allylic oxidation sites excluding steroid dienone is 1. The summed E-state index contributed by atoms with van der Waals surface area (Å²) in [5, 5.41) is 4.65. The molecule has 8 heteroatoms. The van der Waals surface area contributed by atoms with E-state index in [0.717, 1.165) is 5.56 Å². The zero-order valence-electron chi connectivity index (χ0n) is 15.5. The highest BCUT2D eigenvalue weighted by atomic mass is 32.2. The van der Waals surface area contributed by atoms with Crippen molar-refractivity contribution in [3.8, 4) is 5.75 Å². The molecule has 0 fully saturated rings. The predicted octanol–water partition coefficient (Wildman–Crippen LogP) is 4.24. The van der Waals surface area contributed by atoms with E-state index in [-0.39, 0.29) is 11.4 Å². The number of ether oxygens (including phenoxy) is 1. The molecule has 0 amide bonds. The molecule has 4 rings (SSSR count). The molecule has 2 aromatic carbocycles. The van der Waals surface area contributed by atoms with Crippen molar-refractivity contribution in [2.45, 2.75) is 6.54 Å². The van der Waals surface area contributed by atoms with Gasteiger partial charge in [-0.15, -0.1) is 11.3 Å². The summed E-state index contributed by atoms with van der Waals surface area (Å²) in [6.07, 6.45) is 1.26. The van der Waals surface area contributed by atoms with Gasteiger partial charge in [-0.1, -0.05) is 30.3 Å². The molecule has 148 valence electrons. The summed E-state index contributed by atoms with van der Waals surface area (Å²) in [5.74, 6) is 0.183. The number of carbonyl (C=O) groups excluding carboxylic acids is 1. The highest BCUT2D eigenvalue weighted by Gasteiger charge is 2.41. The Morgan fingerprint density at radius 2 is 1.79 bits per heavy atom. The first-order valence-electron chi connectivity index (χ1n) is 8.80. The van der Waals surface area contributed by atoms with Gasteiger partial charge in [-0.3, -0.25) is 9.10 Å². The van der Waals surface area contributed by atoms with Crippen molar-refractivity contribution in [3.63, 3.8) is 0 Å². The van der Waals surface area contributed by atoms with Crippen LogP contribution in [-0.4, -0.2) is 21.3 Å². The van der Waals surface area contributed by atoms with Crippen LogP contribution in [0, 0.1) is 0 Å². The van der Waals surface area contributed by atoms with E-state index in [1.54, 1.807) is 42.8 Å². The SMILES string of the molecule is COc1ccc(N/C=C2/C(=O)c3sccc3N(Cc3ccccc3)S2(=O)=O)cc1. The number of hydrogen-bond acceptors (Lipinski definition) is 6. The first-order valence-corrected chi connectivity index (χ1v) is 11.1. The summed E-state index contributed by atoms with van der Waals surface area (Å²) < 4.78 is 33.0. The van der Waals surface area contributed by atoms with Crippen LogP contribution in [0.2, 0.25) is 0 Å². The van der Waals surface area contributed by atoms with Crippen LogP contribution in [0.5, 0.6) is 5.75 Å². The highest BCUT2D eigenvalue weighted by molar-refractivity contribution is 7.97. The molecule has 1 aliphatic rings. The van der Waals surface area contributed by atoms with Gasteiger partial charge in [0.05, 0.1) is 19.3 Å². The second kappa shape index (κ2) is 7.73. The summed E-state index contributed by atoms with van der Waals surface area (Å²) in [4.78, 5) is 13.0. The minimum atomic E-state index is -4.01. The maximum Gasteiger partial charge on any atom is 0.270 e. The lowest BCUT2D eigenvalue weighted by Gasteiger charge is -2.29. The molecule has 2 heterocycles. The average Bonchev–Trinajstić information content (AvgIpc) is 3.22. The fraction of sp³-hybridized carbons (Fsp3) is 0.0952. The quantitative estimate of drug-likeness (QED) is 0.618. The van der Waals surface area contributed by atoms with E-state index in [4.69, 9.17) is 4.74 Å². The largest absolute Gasteiger partial charge is 0.497 e. The van der Waals surface area contributed by atoms with Gasteiger partial charge < -0.3 is 10.1 Å². The first-order chi connectivity index (χ1) is 14.0. The van der Waals surface area contributed by atoms with E-state index < -0.39 is 15.8 Å². The number of methoxy groups -OCH3 is 1. The van der Waals surface area contributed by atoms with Crippen molar-refractivity contribution < 1.29 is 17.9 Å². The average molecular weight is 427 g/mol. The van der Waals surface area contributed by atoms with Crippen LogP contribution >= 0.6 is 11.3 Å². The smallest absolute Gasteiger partial charge is 0.270 e. The van der Waals surface area contributed by atoms with Gasteiger partial charge in [0.1, 0.15) is 10.6 Å². The van der Waals surface area contributed by atoms with Crippen molar-refractivity contribution in [1.29, 1.82) is 0 Å². The normalized spacial score (nSPS) is 16.5. The van der Waals surface area contributed by atoms with Crippen LogP contribution < -0.4 is 14.4 Å². The van der Waals surface area contributed by atoms with Crippen LogP contribution in [0.3, 0.4) is 0 Å².